The van der Waals surface area contributed by atoms with Crippen LogP contribution in [0, 0.1) is 5.92 Å². The van der Waals surface area contributed by atoms with Crippen molar-refractivity contribution in [2.45, 2.75) is 12.5 Å². The molecule has 4 nitrogen and oxygen atoms in total. The molecule has 2 aliphatic heterocycles. The molecule has 3 unspecified atom stereocenters. The van der Waals surface area contributed by atoms with Crippen molar-refractivity contribution in [2.75, 3.05) is 19.6 Å². The highest BCUT2D eigenvalue weighted by Crippen LogP contribution is 2.28. The maximum Gasteiger partial charge on any atom is 0.270 e. The first-order chi connectivity index (χ1) is 9.29. The van der Waals surface area contributed by atoms with Crippen molar-refractivity contribution < 1.29 is 4.79 Å². The highest BCUT2D eigenvalue weighted by Gasteiger charge is 2.38. The molecular formula is C14H15N3OS. The van der Waals surface area contributed by atoms with Gasteiger partial charge in [-0.15, -0.1) is 0 Å². The van der Waals surface area contributed by atoms with Crippen LogP contribution < -0.4 is 5.32 Å². The molecule has 0 radical (unpaired) electrons. The Balaban J connectivity index is 1.53. The average Bonchev–Trinajstić information content (AvgIpc) is 3.13. The van der Waals surface area contributed by atoms with E-state index in [4.69, 9.17) is 0 Å². The monoisotopic (exact) mass is 273 g/mol. The summed E-state index contributed by atoms with van der Waals surface area (Å²) in [4.78, 5) is 18.9. The van der Waals surface area contributed by atoms with E-state index < -0.39 is 0 Å². The number of carbonyl (C=O) groups excluding carboxylic acids is 1. The van der Waals surface area contributed by atoms with Gasteiger partial charge in [-0.1, -0.05) is 0 Å². The number of fused-ring (bicyclic) bond motifs is 3. The van der Waals surface area contributed by atoms with Crippen molar-refractivity contribution in [3.05, 3.63) is 28.7 Å². The SMILES string of the molecule is O=C(NC1CN2CCC1C2)c1cc2cscc2cn1. The standard InChI is InChI=1S/C14H15N3OS/c18-14(16-13-6-17-2-1-9(13)5-17)12-3-10-7-19-8-11(10)4-15-12/h3-4,7-9,13H,1-2,5-6H2,(H,16,18). The number of hydrogen-bond donors (Lipinski definition) is 1. The molecule has 19 heavy (non-hydrogen) atoms. The molecule has 4 rings (SSSR count). The van der Waals surface area contributed by atoms with Crippen LogP contribution in [0.2, 0.25) is 0 Å². The molecule has 2 aliphatic rings. The number of amides is 1. The third kappa shape index (κ3) is 1.93. The second-order valence-corrected chi connectivity index (χ2v) is 6.20. The molecule has 4 heterocycles. The third-order valence-corrected chi connectivity index (χ3v) is 5.02. The molecule has 2 saturated heterocycles. The number of rotatable bonds is 2. The fourth-order valence-electron chi connectivity index (χ4n) is 3.18. The fourth-order valence-corrected chi connectivity index (χ4v) is 3.94. The van der Waals surface area contributed by atoms with E-state index >= 15 is 0 Å². The third-order valence-electron chi connectivity index (χ3n) is 4.24. The first-order valence-electron chi connectivity index (χ1n) is 6.65. The molecule has 0 spiro atoms. The van der Waals surface area contributed by atoms with Crippen LogP contribution in [0.25, 0.3) is 10.8 Å². The molecule has 0 aromatic carbocycles. The Labute approximate surface area is 115 Å². The molecule has 0 saturated carbocycles. The summed E-state index contributed by atoms with van der Waals surface area (Å²) in [5, 5.41) is 9.45. The van der Waals surface area contributed by atoms with Gasteiger partial charge in [0.1, 0.15) is 5.69 Å². The quantitative estimate of drug-likeness (QED) is 0.906. The zero-order valence-corrected chi connectivity index (χ0v) is 11.3. The smallest absolute Gasteiger partial charge is 0.270 e. The van der Waals surface area contributed by atoms with Crippen molar-refractivity contribution in [1.82, 2.24) is 15.2 Å². The molecule has 1 amide bonds. The van der Waals surface area contributed by atoms with Gasteiger partial charge in [-0.25, -0.2) is 0 Å². The predicted molar refractivity (Wildman–Crippen MR) is 75.4 cm³/mol. The molecule has 2 aromatic rings. The van der Waals surface area contributed by atoms with Crippen molar-refractivity contribution in [3.8, 4) is 0 Å². The van der Waals surface area contributed by atoms with Crippen LogP contribution in [0.1, 0.15) is 16.9 Å². The summed E-state index contributed by atoms with van der Waals surface area (Å²) >= 11 is 1.64. The Hall–Kier alpha value is -1.46. The van der Waals surface area contributed by atoms with E-state index in [1.807, 2.05) is 11.4 Å². The number of thiophene rings is 1. The van der Waals surface area contributed by atoms with Crippen molar-refractivity contribution >= 4 is 28.0 Å². The van der Waals surface area contributed by atoms with E-state index in [-0.39, 0.29) is 5.91 Å². The van der Waals surface area contributed by atoms with Gasteiger partial charge < -0.3 is 10.2 Å². The molecule has 2 fully saturated rings. The van der Waals surface area contributed by atoms with Gasteiger partial charge in [0, 0.05) is 36.1 Å². The normalized spacial score (nSPS) is 28.9. The number of pyridine rings is 1. The van der Waals surface area contributed by atoms with Crippen LogP contribution in [0.4, 0.5) is 0 Å². The zero-order valence-electron chi connectivity index (χ0n) is 10.5. The highest BCUT2D eigenvalue weighted by molar-refractivity contribution is 7.09. The van der Waals surface area contributed by atoms with Crippen LogP contribution in [-0.2, 0) is 0 Å². The van der Waals surface area contributed by atoms with E-state index in [0.29, 0.717) is 17.7 Å². The number of carbonyl (C=O) groups is 1. The number of nitrogens with one attached hydrogen (secondary N) is 1. The summed E-state index contributed by atoms with van der Waals surface area (Å²) < 4.78 is 0. The predicted octanol–water partition coefficient (Wildman–Crippen LogP) is 1.73. The van der Waals surface area contributed by atoms with Crippen LogP contribution in [0.15, 0.2) is 23.0 Å². The first-order valence-corrected chi connectivity index (χ1v) is 7.59. The molecule has 5 heteroatoms. The molecule has 1 N–H and O–H groups in total. The Morgan fingerprint density at radius 3 is 3.05 bits per heavy atom. The lowest BCUT2D eigenvalue weighted by molar-refractivity contribution is 0.0919. The number of hydrogen-bond acceptors (Lipinski definition) is 4. The summed E-state index contributed by atoms with van der Waals surface area (Å²) in [6.07, 6.45) is 2.99. The van der Waals surface area contributed by atoms with Crippen LogP contribution in [0.3, 0.4) is 0 Å². The molecule has 3 atom stereocenters. The first kappa shape index (κ1) is 11.4. The number of nitrogens with zero attached hydrogens (tertiary/aromatic N) is 2. The van der Waals surface area contributed by atoms with E-state index in [1.54, 1.807) is 17.5 Å². The summed E-state index contributed by atoms with van der Waals surface area (Å²) in [6.45, 7) is 3.33. The van der Waals surface area contributed by atoms with E-state index in [1.165, 1.54) is 13.0 Å². The summed E-state index contributed by atoms with van der Waals surface area (Å²) in [5.74, 6) is 0.598. The second-order valence-electron chi connectivity index (χ2n) is 5.46. The Bertz CT molecular complexity index is 638. The summed E-state index contributed by atoms with van der Waals surface area (Å²) in [7, 11) is 0. The van der Waals surface area contributed by atoms with Crippen LogP contribution in [0.5, 0.6) is 0 Å². The number of piperidine rings is 1. The van der Waals surface area contributed by atoms with E-state index in [2.05, 4.69) is 20.6 Å². The van der Waals surface area contributed by atoms with Gasteiger partial charge >= 0.3 is 0 Å². The van der Waals surface area contributed by atoms with Gasteiger partial charge in [-0.05, 0) is 35.7 Å². The van der Waals surface area contributed by atoms with Crippen molar-refractivity contribution in [1.29, 1.82) is 0 Å². The minimum absolute atomic E-state index is 0.0353. The minimum Gasteiger partial charge on any atom is -0.346 e. The lowest BCUT2D eigenvalue weighted by atomic mass is 10.00. The largest absolute Gasteiger partial charge is 0.346 e. The lowest BCUT2D eigenvalue weighted by Gasteiger charge is -2.22. The van der Waals surface area contributed by atoms with Gasteiger partial charge in [-0.3, -0.25) is 9.78 Å². The van der Waals surface area contributed by atoms with Gasteiger partial charge in [-0.2, -0.15) is 11.3 Å². The average molecular weight is 273 g/mol. The number of aromatic nitrogens is 1. The van der Waals surface area contributed by atoms with Crippen molar-refractivity contribution in [3.63, 3.8) is 0 Å². The maximum atomic E-state index is 12.3. The van der Waals surface area contributed by atoms with E-state index in [9.17, 15) is 4.79 Å². The van der Waals surface area contributed by atoms with Crippen LogP contribution in [-0.4, -0.2) is 41.5 Å². The maximum absolute atomic E-state index is 12.3. The van der Waals surface area contributed by atoms with Crippen LogP contribution >= 0.6 is 11.3 Å². The van der Waals surface area contributed by atoms with E-state index in [0.717, 1.165) is 23.9 Å². The zero-order chi connectivity index (χ0) is 12.8. The molecule has 98 valence electrons. The highest BCUT2D eigenvalue weighted by atomic mass is 32.1. The van der Waals surface area contributed by atoms with Gasteiger partial charge in [0.25, 0.3) is 5.91 Å². The fraction of sp³-hybridized carbons (Fsp3) is 0.429. The minimum atomic E-state index is -0.0353. The van der Waals surface area contributed by atoms with Gasteiger partial charge in [0.15, 0.2) is 0 Å². The molecule has 2 bridgehead atoms. The second kappa shape index (κ2) is 4.28. The topological polar surface area (TPSA) is 45.2 Å². The Morgan fingerprint density at radius 2 is 2.26 bits per heavy atom. The molecule has 0 aliphatic carbocycles. The summed E-state index contributed by atoms with van der Waals surface area (Å²) in [6, 6.07) is 2.19. The Kier molecular flexibility index (Phi) is 2.56. The van der Waals surface area contributed by atoms with Crippen molar-refractivity contribution in [2.24, 2.45) is 5.92 Å². The summed E-state index contributed by atoms with van der Waals surface area (Å²) in [5.41, 5.74) is 0.531. The van der Waals surface area contributed by atoms with Gasteiger partial charge in [0.2, 0.25) is 0 Å². The van der Waals surface area contributed by atoms with Gasteiger partial charge in [0.05, 0.1) is 0 Å². The Morgan fingerprint density at radius 1 is 1.37 bits per heavy atom. The lowest BCUT2D eigenvalue weighted by Crippen LogP contribution is -2.43. The molecule has 2 aromatic heterocycles. The molecular weight excluding hydrogens is 258 g/mol.